The molecule has 0 atom stereocenters. The summed E-state index contributed by atoms with van der Waals surface area (Å²) in [5.74, 6) is 0.631. The Kier molecular flexibility index (Phi) is 6.11. The van der Waals surface area contributed by atoms with Gasteiger partial charge in [0.15, 0.2) is 0 Å². The summed E-state index contributed by atoms with van der Waals surface area (Å²) >= 11 is 0. The first-order valence-electron chi connectivity index (χ1n) is 5.75. The molecule has 0 bridgehead atoms. The summed E-state index contributed by atoms with van der Waals surface area (Å²) in [6.45, 7) is 4.21. The summed E-state index contributed by atoms with van der Waals surface area (Å²) in [6, 6.07) is -0.0676. The number of carbonyl (C=O) groups is 1. The third-order valence-electron chi connectivity index (χ3n) is 2.68. The normalized spacial score (nSPS) is 17.4. The lowest BCUT2D eigenvalue weighted by molar-refractivity contribution is 0.236. The molecule has 0 aromatic carbocycles. The number of nitrogens with two attached hydrogens (primary N) is 1. The predicted molar refractivity (Wildman–Crippen MR) is 60.7 cm³/mol. The lowest BCUT2D eigenvalue weighted by Gasteiger charge is -2.22. The molecule has 5 N–H and O–H groups in total. The molecule has 0 radical (unpaired) electrons. The molecule has 5 heteroatoms. The molecular weight excluding hydrogens is 192 g/mol. The molecule has 0 aromatic heterocycles. The monoisotopic (exact) mass is 214 g/mol. The Bertz CT molecular complexity index is 180. The van der Waals surface area contributed by atoms with Gasteiger partial charge < -0.3 is 21.7 Å². The van der Waals surface area contributed by atoms with Gasteiger partial charge in [-0.2, -0.15) is 0 Å². The number of urea groups is 1. The fourth-order valence-electron chi connectivity index (χ4n) is 1.69. The highest BCUT2D eigenvalue weighted by atomic mass is 16.2. The maximum atomic E-state index is 11.3. The van der Waals surface area contributed by atoms with Crippen LogP contribution in [-0.4, -0.2) is 38.8 Å². The number of carbonyl (C=O) groups excluding carboxylic acids is 1. The van der Waals surface area contributed by atoms with Crippen LogP contribution in [0.5, 0.6) is 0 Å². The Labute approximate surface area is 91.2 Å². The molecule has 88 valence electrons. The summed E-state index contributed by atoms with van der Waals surface area (Å²) in [4.78, 5) is 11.3. The Morgan fingerprint density at radius 2 is 2.07 bits per heavy atom. The first-order valence-corrected chi connectivity index (χ1v) is 5.75. The van der Waals surface area contributed by atoms with E-state index in [1.807, 2.05) is 0 Å². The Balaban J connectivity index is 2.00. The van der Waals surface area contributed by atoms with Crippen molar-refractivity contribution in [1.29, 1.82) is 0 Å². The van der Waals surface area contributed by atoms with Crippen LogP contribution >= 0.6 is 0 Å². The summed E-state index contributed by atoms with van der Waals surface area (Å²) in [5.41, 5.74) is 5.33. The number of rotatable bonds is 5. The Hall–Kier alpha value is -0.810. The van der Waals surface area contributed by atoms with Gasteiger partial charge in [0.05, 0.1) is 0 Å². The molecule has 1 rings (SSSR count). The van der Waals surface area contributed by atoms with Crippen molar-refractivity contribution in [3.63, 3.8) is 0 Å². The van der Waals surface area contributed by atoms with Crippen molar-refractivity contribution in [2.24, 2.45) is 11.7 Å². The number of hydrogen-bond donors (Lipinski definition) is 4. The van der Waals surface area contributed by atoms with Crippen LogP contribution in [0.3, 0.4) is 0 Å². The minimum Gasteiger partial charge on any atom is -0.338 e. The average molecular weight is 214 g/mol. The zero-order valence-corrected chi connectivity index (χ0v) is 9.22. The van der Waals surface area contributed by atoms with E-state index in [1.54, 1.807) is 0 Å². The van der Waals surface area contributed by atoms with Crippen LogP contribution in [0.15, 0.2) is 0 Å². The molecule has 1 heterocycles. The highest BCUT2D eigenvalue weighted by Crippen LogP contribution is 2.09. The predicted octanol–water partition coefficient (Wildman–Crippen LogP) is -0.366. The van der Waals surface area contributed by atoms with Crippen molar-refractivity contribution >= 4 is 6.03 Å². The van der Waals surface area contributed by atoms with E-state index in [1.165, 1.54) is 0 Å². The van der Waals surface area contributed by atoms with Gasteiger partial charge in [-0.05, 0) is 44.8 Å². The third kappa shape index (κ3) is 5.59. The molecule has 2 amide bonds. The molecule has 5 nitrogen and oxygen atoms in total. The van der Waals surface area contributed by atoms with Crippen LogP contribution in [-0.2, 0) is 0 Å². The van der Waals surface area contributed by atoms with Gasteiger partial charge in [-0.15, -0.1) is 0 Å². The van der Waals surface area contributed by atoms with Crippen molar-refractivity contribution in [3.05, 3.63) is 0 Å². The van der Waals surface area contributed by atoms with Crippen molar-refractivity contribution in [2.75, 3.05) is 32.7 Å². The second-order valence-corrected chi connectivity index (χ2v) is 3.97. The van der Waals surface area contributed by atoms with Crippen LogP contribution in [0.4, 0.5) is 4.79 Å². The van der Waals surface area contributed by atoms with Crippen LogP contribution in [0.1, 0.15) is 19.3 Å². The minimum absolute atomic E-state index is 0.0676. The zero-order chi connectivity index (χ0) is 10.9. The summed E-state index contributed by atoms with van der Waals surface area (Å²) in [7, 11) is 0. The Morgan fingerprint density at radius 3 is 2.73 bits per heavy atom. The first kappa shape index (κ1) is 12.3. The van der Waals surface area contributed by atoms with E-state index in [9.17, 15) is 4.79 Å². The largest absolute Gasteiger partial charge is 0.338 e. The number of amides is 2. The van der Waals surface area contributed by atoms with Crippen molar-refractivity contribution in [2.45, 2.75) is 19.3 Å². The van der Waals surface area contributed by atoms with Crippen LogP contribution in [0.2, 0.25) is 0 Å². The van der Waals surface area contributed by atoms with Crippen molar-refractivity contribution in [1.82, 2.24) is 16.0 Å². The molecule has 0 unspecified atom stereocenters. The molecule has 0 saturated carbocycles. The molecule has 15 heavy (non-hydrogen) atoms. The molecule has 1 fully saturated rings. The van der Waals surface area contributed by atoms with E-state index in [0.29, 0.717) is 19.0 Å². The van der Waals surface area contributed by atoms with Crippen LogP contribution < -0.4 is 21.7 Å². The summed E-state index contributed by atoms with van der Waals surface area (Å²) in [5, 5.41) is 8.97. The zero-order valence-electron chi connectivity index (χ0n) is 9.22. The molecule has 1 saturated heterocycles. The topological polar surface area (TPSA) is 79.2 Å². The van der Waals surface area contributed by atoms with Gasteiger partial charge >= 0.3 is 6.03 Å². The first-order chi connectivity index (χ1) is 7.33. The SMILES string of the molecule is NCCCNC(=O)NCC1CCNCC1. The minimum atomic E-state index is -0.0676. The quantitative estimate of drug-likeness (QED) is 0.472. The van der Waals surface area contributed by atoms with E-state index < -0.39 is 0 Å². The van der Waals surface area contributed by atoms with E-state index in [-0.39, 0.29) is 6.03 Å². The standard InChI is InChI=1S/C10H22N4O/c11-4-1-5-13-10(15)14-8-9-2-6-12-7-3-9/h9,12H,1-8,11H2,(H2,13,14,15). The molecule has 1 aliphatic heterocycles. The van der Waals surface area contributed by atoms with E-state index in [4.69, 9.17) is 5.73 Å². The highest BCUT2D eigenvalue weighted by molar-refractivity contribution is 5.73. The molecule has 0 aliphatic carbocycles. The van der Waals surface area contributed by atoms with Gasteiger partial charge in [0.2, 0.25) is 0 Å². The molecule has 0 aromatic rings. The number of nitrogens with one attached hydrogen (secondary N) is 3. The van der Waals surface area contributed by atoms with E-state index >= 15 is 0 Å². The average Bonchev–Trinajstić information content (AvgIpc) is 2.28. The van der Waals surface area contributed by atoms with Crippen LogP contribution in [0, 0.1) is 5.92 Å². The van der Waals surface area contributed by atoms with Gasteiger partial charge in [0, 0.05) is 13.1 Å². The number of piperidine rings is 1. The van der Waals surface area contributed by atoms with Gasteiger partial charge in [0.1, 0.15) is 0 Å². The van der Waals surface area contributed by atoms with E-state index in [2.05, 4.69) is 16.0 Å². The molecule has 1 aliphatic rings. The van der Waals surface area contributed by atoms with Gasteiger partial charge in [0.25, 0.3) is 0 Å². The fraction of sp³-hybridized carbons (Fsp3) is 0.900. The highest BCUT2D eigenvalue weighted by Gasteiger charge is 2.13. The summed E-state index contributed by atoms with van der Waals surface area (Å²) < 4.78 is 0. The lowest BCUT2D eigenvalue weighted by atomic mass is 9.98. The Morgan fingerprint density at radius 1 is 1.33 bits per heavy atom. The fourth-order valence-corrected chi connectivity index (χ4v) is 1.69. The number of hydrogen-bond acceptors (Lipinski definition) is 3. The van der Waals surface area contributed by atoms with Crippen molar-refractivity contribution in [3.8, 4) is 0 Å². The second-order valence-electron chi connectivity index (χ2n) is 3.97. The van der Waals surface area contributed by atoms with Crippen LogP contribution in [0.25, 0.3) is 0 Å². The smallest absolute Gasteiger partial charge is 0.314 e. The summed E-state index contributed by atoms with van der Waals surface area (Å²) in [6.07, 6.45) is 3.15. The lowest BCUT2D eigenvalue weighted by Crippen LogP contribution is -2.41. The molecule has 0 spiro atoms. The maximum absolute atomic E-state index is 11.3. The molecular formula is C10H22N4O. The van der Waals surface area contributed by atoms with Gasteiger partial charge in [-0.1, -0.05) is 0 Å². The van der Waals surface area contributed by atoms with Crippen molar-refractivity contribution < 1.29 is 4.79 Å². The van der Waals surface area contributed by atoms with E-state index in [0.717, 1.165) is 38.9 Å². The van der Waals surface area contributed by atoms with Gasteiger partial charge in [-0.3, -0.25) is 0 Å². The third-order valence-corrected chi connectivity index (χ3v) is 2.68. The second kappa shape index (κ2) is 7.48. The van der Waals surface area contributed by atoms with Gasteiger partial charge in [-0.25, -0.2) is 4.79 Å². The maximum Gasteiger partial charge on any atom is 0.314 e.